The summed E-state index contributed by atoms with van der Waals surface area (Å²) >= 11 is 0. The van der Waals surface area contributed by atoms with Gasteiger partial charge < -0.3 is 4.74 Å². The van der Waals surface area contributed by atoms with E-state index in [0.29, 0.717) is 12.2 Å². The highest BCUT2D eigenvalue weighted by Gasteiger charge is 2.28. The molecule has 0 spiro atoms. The molecule has 0 N–H and O–H groups in total. The van der Waals surface area contributed by atoms with Crippen LogP contribution in [0.25, 0.3) is 0 Å². The van der Waals surface area contributed by atoms with Crippen molar-refractivity contribution in [3.63, 3.8) is 0 Å². The summed E-state index contributed by atoms with van der Waals surface area (Å²) in [7, 11) is 1.65. The van der Waals surface area contributed by atoms with Crippen LogP contribution < -0.4 is 4.74 Å². The van der Waals surface area contributed by atoms with Gasteiger partial charge in [0.25, 0.3) is 0 Å². The molecule has 1 aliphatic rings. The van der Waals surface area contributed by atoms with Crippen LogP contribution in [0.5, 0.6) is 5.75 Å². The smallest absolute Gasteiger partial charge is 0.144 e. The minimum absolute atomic E-state index is 0.0520. The van der Waals surface area contributed by atoms with E-state index in [1.807, 2.05) is 36.4 Å². The van der Waals surface area contributed by atoms with Gasteiger partial charge in [0.1, 0.15) is 11.5 Å². The van der Waals surface area contributed by atoms with Crippen LogP contribution in [0.2, 0.25) is 0 Å². The number of methoxy groups -OCH3 is 1. The standard InChI is InChI=1S/C18H18O2/c1-20-18-9-5-3-7-14(18)12-17(19)16-11-10-13-6-2-4-8-15(13)16/h2-9,16H,10-12H2,1H3. The molecule has 0 radical (unpaired) electrons. The third-order valence-electron chi connectivity index (χ3n) is 4.08. The van der Waals surface area contributed by atoms with Crippen LogP contribution in [0.1, 0.15) is 29.0 Å². The summed E-state index contributed by atoms with van der Waals surface area (Å²) in [4.78, 5) is 12.6. The monoisotopic (exact) mass is 266 g/mol. The van der Waals surface area contributed by atoms with E-state index in [1.165, 1.54) is 11.1 Å². The second-order valence-corrected chi connectivity index (χ2v) is 5.25. The van der Waals surface area contributed by atoms with E-state index in [0.717, 1.165) is 24.2 Å². The average molecular weight is 266 g/mol. The molecule has 2 aromatic rings. The zero-order chi connectivity index (χ0) is 13.9. The summed E-state index contributed by atoms with van der Waals surface area (Å²) in [6.07, 6.45) is 2.40. The second-order valence-electron chi connectivity index (χ2n) is 5.25. The van der Waals surface area contributed by atoms with Crippen molar-refractivity contribution in [2.24, 2.45) is 0 Å². The first-order valence-electron chi connectivity index (χ1n) is 7.02. The molecule has 0 saturated carbocycles. The molecule has 0 saturated heterocycles. The van der Waals surface area contributed by atoms with E-state index < -0.39 is 0 Å². The number of hydrogen-bond donors (Lipinski definition) is 0. The van der Waals surface area contributed by atoms with E-state index in [-0.39, 0.29) is 5.92 Å². The van der Waals surface area contributed by atoms with Crippen molar-refractivity contribution in [3.8, 4) is 5.75 Å². The first kappa shape index (κ1) is 12.9. The summed E-state index contributed by atoms with van der Waals surface area (Å²) < 4.78 is 5.33. The molecule has 2 heteroatoms. The molecule has 2 nitrogen and oxygen atoms in total. The molecular weight excluding hydrogens is 248 g/mol. The summed E-state index contributed by atoms with van der Waals surface area (Å²) in [5.74, 6) is 1.14. The summed E-state index contributed by atoms with van der Waals surface area (Å²) in [5, 5.41) is 0. The van der Waals surface area contributed by atoms with Gasteiger partial charge in [-0.3, -0.25) is 4.79 Å². The van der Waals surface area contributed by atoms with Gasteiger partial charge in [0.15, 0.2) is 0 Å². The highest BCUT2D eigenvalue weighted by Crippen LogP contribution is 2.34. The molecule has 0 aromatic heterocycles. The molecule has 0 amide bonds. The normalized spacial score (nSPS) is 16.8. The quantitative estimate of drug-likeness (QED) is 0.846. The third-order valence-corrected chi connectivity index (χ3v) is 4.08. The second kappa shape index (κ2) is 5.49. The number of fused-ring (bicyclic) bond motifs is 1. The number of Topliss-reactive ketones (excluding diaryl/α,β-unsaturated/α-hetero) is 1. The predicted octanol–water partition coefficient (Wildman–Crippen LogP) is 3.54. The number of benzene rings is 2. The van der Waals surface area contributed by atoms with Gasteiger partial charge in [-0.15, -0.1) is 0 Å². The van der Waals surface area contributed by atoms with Gasteiger partial charge in [-0.25, -0.2) is 0 Å². The maximum atomic E-state index is 12.6. The molecule has 20 heavy (non-hydrogen) atoms. The van der Waals surface area contributed by atoms with Gasteiger partial charge in [-0.2, -0.15) is 0 Å². The lowest BCUT2D eigenvalue weighted by molar-refractivity contribution is -0.119. The zero-order valence-electron chi connectivity index (χ0n) is 11.6. The van der Waals surface area contributed by atoms with Crippen molar-refractivity contribution in [3.05, 3.63) is 65.2 Å². The van der Waals surface area contributed by atoms with Gasteiger partial charge in [0.2, 0.25) is 0 Å². The number of para-hydroxylation sites is 1. The number of carbonyl (C=O) groups is 1. The molecule has 102 valence electrons. The van der Waals surface area contributed by atoms with Crippen molar-refractivity contribution >= 4 is 5.78 Å². The van der Waals surface area contributed by atoms with Crippen molar-refractivity contribution < 1.29 is 9.53 Å². The lowest BCUT2D eigenvalue weighted by Crippen LogP contribution is -2.13. The Balaban J connectivity index is 1.81. The van der Waals surface area contributed by atoms with E-state index in [4.69, 9.17) is 4.74 Å². The first-order valence-corrected chi connectivity index (χ1v) is 7.02. The minimum atomic E-state index is 0.0520. The first-order chi connectivity index (χ1) is 9.79. The molecule has 0 heterocycles. The van der Waals surface area contributed by atoms with Crippen molar-refractivity contribution in [2.75, 3.05) is 7.11 Å². The summed E-state index contributed by atoms with van der Waals surface area (Å²) in [6.45, 7) is 0. The highest BCUT2D eigenvalue weighted by atomic mass is 16.5. The van der Waals surface area contributed by atoms with Gasteiger partial charge in [-0.1, -0.05) is 42.5 Å². The number of carbonyl (C=O) groups excluding carboxylic acids is 1. The fraction of sp³-hybridized carbons (Fsp3) is 0.278. The van der Waals surface area contributed by atoms with Crippen LogP contribution in [-0.2, 0) is 17.6 Å². The molecule has 2 aromatic carbocycles. The van der Waals surface area contributed by atoms with Crippen LogP contribution in [0, 0.1) is 0 Å². The van der Waals surface area contributed by atoms with Crippen LogP contribution in [0.3, 0.4) is 0 Å². The van der Waals surface area contributed by atoms with E-state index >= 15 is 0 Å². The van der Waals surface area contributed by atoms with Crippen LogP contribution in [0.4, 0.5) is 0 Å². The number of rotatable bonds is 4. The predicted molar refractivity (Wildman–Crippen MR) is 79.2 cm³/mol. The maximum absolute atomic E-state index is 12.6. The molecule has 0 bridgehead atoms. The Morgan fingerprint density at radius 1 is 1.15 bits per heavy atom. The Morgan fingerprint density at radius 2 is 1.90 bits per heavy atom. The molecule has 1 atom stereocenters. The lowest BCUT2D eigenvalue weighted by atomic mass is 9.92. The van der Waals surface area contributed by atoms with Crippen molar-refractivity contribution in [1.29, 1.82) is 0 Å². The summed E-state index contributed by atoms with van der Waals surface area (Å²) in [5.41, 5.74) is 3.52. The molecule has 3 rings (SSSR count). The largest absolute Gasteiger partial charge is 0.496 e. The Kier molecular flexibility index (Phi) is 3.55. The molecule has 0 aliphatic heterocycles. The van der Waals surface area contributed by atoms with Gasteiger partial charge in [0.05, 0.1) is 7.11 Å². The lowest BCUT2D eigenvalue weighted by Gasteiger charge is -2.12. The Bertz CT molecular complexity index is 631. The molecule has 1 unspecified atom stereocenters. The number of hydrogen-bond acceptors (Lipinski definition) is 2. The van der Waals surface area contributed by atoms with Crippen LogP contribution in [0.15, 0.2) is 48.5 Å². The zero-order valence-corrected chi connectivity index (χ0v) is 11.6. The van der Waals surface area contributed by atoms with Crippen LogP contribution >= 0.6 is 0 Å². The highest BCUT2D eigenvalue weighted by molar-refractivity contribution is 5.89. The topological polar surface area (TPSA) is 26.3 Å². The molecule has 1 aliphatic carbocycles. The maximum Gasteiger partial charge on any atom is 0.144 e. The Hall–Kier alpha value is -2.09. The van der Waals surface area contributed by atoms with E-state index in [9.17, 15) is 4.79 Å². The SMILES string of the molecule is COc1ccccc1CC(=O)C1CCc2ccccc21. The fourth-order valence-corrected chi connectivity index (χ4v) is 3.05. The van der Waals surface area contributed by atoms with Crippen LogP contribution in [-0.4, -0.2) is 12.9 Å². The fourth-order valence-electron chi connectivity index (χ4n) is 3.05. The van der Waals surface area contributed by atoms with E-state index in [1.54, 1.807) is 7.11 Å². The summed E-state index contributed by atoms with van der Waals surface area (Å²) in [6, 6.07) is 16.0. The van der Waals surface area contributed by atoms with Gasteiger partial charge >= 0.3 is 0 Å². The third kappa shape index (κ3) is 2.34. The van der Waals surface area contributed by atoms with Gasteiger partial charge in [0, 0.05) is 17.9 Å². The number of ether oxygens (including phenoxy) is 1. The molecular formula is C18H18O2. The number of aryl methyl sites for hydroxylation is 1. The van der Waals surface area contributed by atoms with Gasteiger partial charge in [-0.05, 0) is 30.0 Å². The molecule has 0 fully saturated rings. The number of ketones is 1. The minimum Gasteiger partial charge on any atom is -0.496 e. The van der Waals surface area contributed by atoms with Crippen molar-refractivity contribution in [1.82, 2.24) is 0 Å². The average Bonchev–Trinajstić information content (AvgIpc) is 2.92. The Morgan fingerprint density at radius 3 is 2.75 bits per heavy atom. The Labute approximate surface area is 119 Å². The van der Waals surface area contributed by atoms with Crippen molar-refractivity contribution in [2.45, 2.75) is 25.2 Å². The van der Waals surface area contributed by atoms with E-state index in [2.05, 4.69) is 12.1 Å².